The summed E-state index contributed by atoms with van der Waals surface area (Å²) >= 11 is 0. The van der Waals surface area contributed by atoms with Crippen LogP contribution in [-0.4, -0.2) is 62.7 Å². The second-order valence-electron chi connectivity index (χ2n) is 7.72. The van der Waals surface area contributed by atoms with Gasteiger partial charge in [0.15, 0.2) is 5.69 Å². The fraction of sp³-hybridized carbons (Fsp3) is 0.435. The van der Waals surface area contributed by atoms with E-state index in [0.717, 1.165) is 55.5 Å². The van der Waals surface area contributed by atoms with Crippen molar-refractivity contribution in [2.24, 2.45) is 7.05 Å². The van der Waals surface area contributed by atoms with Gasteiger partial charge >= 0.3 is 0 Å². The lowest BCUT2D eigenvalue weighted by molar-refractivity contribution is 0.0575. The van der Waals surface area contributed by atoms with Crippen LogP contribution in [0, 0.1) is 0 Å². The first-order chi connectivity index (χ1) is 14.2. The molecule has 6 nitrogen and oxygen atoms in total. The molecule has 3 heterocycles. The van der Waals surface area contributed by atoms with Crippen LogP contribution in [0.4, 0.5) is 0 Å². The van der Waals surface area contributed by atoms with E-state index in [1.165, 1.54) is 0 Å². The standard InChI is InChI=1S/C23H29N5O/c1-3-27-15-12-19(13-16-27)28(17-11-18-8-6-7-14-24-18)23(29)22-20-9-4-5-10-21(20)26(2)25-22/h4-10,14,19H,3,11-13,15-17H2,1-2H3. The summed E-state index contributed by atoms with van der Waals surface area (Å²) in [6.07, 6.45) is 4.58. The lowest BCUT2D eigenvalue weighted by Gasteiger charge is -2.38. The van der Waals surface area contributed by atoms with Crippen LogP contribution >= 0.6 is 0 Å². The average molecular weight is 392 g/mol. The number of rotatable bonds is 6. The maximum Gasteiger partial charge on any atom is 0.275 e. The number of piperidine rings is 1. The molecule has 0 aliphatic carbocycles. The number of benzene rings is 1. The molecule has 1 saturated heterocycles. The van der Waals surface area contributed by atoms with Crippen LogP contribution in [0.1, 0.15) is 35.9 Å². The Morgan fingerprint density at radius 3 is 2.62 bits per heavy atom. The minimum Gasteiger partial charge on any atom is -0.334 e. The molecule has 1 aliphatic rings. The third-order valence-corrected chi connectivity index (χ3v) is 6.00. The topological polar surface area (TPSA) is 54.3 Å². The molecule has 29 heavy (non-hydrogen) atoms. The van der Waals surface area contributed by atoms with Crippen LogP contribution in [0.15, 0.2) is 48.7 Å². The molecule has 0 spiro atoms. The van der Waals surface area contributed by atoms with Gasteiger partial charge in [-0.25, -0.2) is 0 Å². The predicted octanol–water partition coefficient (Wildman–Crippen LogP) is 3.14. The molecule has 0 N–H and O–H groups in total. The highest BCUT2D eigenvalue weighted by molar-refractivity contribution is 6.05. The fourth-order valence-corrected chi connectivity index (χ4v) is 4.29. The minimum atomic E-state index is 0.0349. The average Bonchev–Trinajstić information content (AvgIpc) is 3.12. The predicted molar refractivity (Wildman–Crippen MR) is 115 cm³/mol. The highest BCUT2D eigenvalue weighted by Crippen LogP contribution is 2.23. The van der Waals surface area contributed by atoms with Crippen molar-refractivity contribution in [3.05, 3.63) is 60.0 Å². The van der Waals surface area contributed by atoms with E-state index in [9.17, 15) is 4.79 Å². The SMILES string of the molecule is CCN1CCC(N(CCc2ccccn2)C(=O)c2nn(C)c3ccccc23)CC1. The largest absolute Gasteiger partial charge is 0.334 e. The van der Waals surface area contributed by atoms with E-state index in [1.54, 1.807) is 4.68 Å². The Morgan fingerprint density at radius 2 is 1.90 bits per heavy atom. The highest BCUT2D eigenvalue weighted by Gasteiger charge is 2.30. The Balaban J connectivity index is 1.60. The zero-order valence-corrected chi connectivity index (χ0v) is 17.3. The molecule has 0 radical (unpaired) electrons. The van der Waals surface area contributed by atoms with Gasteiger partial charge in [-0.3, -0.25) is 14.5 Å². The van der Waals surface area contributed by atoms with E-state index in [1.807, 2.05) is 55.7 Å². The van der Waals surface area contributed by atoms with Crippen molar-refractivity contribution >= 4 is 16.8 Å². The zero-order valence-electron chi connectivity index (χ0n) is 17.3. The van der Waals surface area contributed by atoms with Gasteiger partial charge in [-0.05, 0) is 37.6 Å². The molecule has 6 heteroatoms. The summed E-state index contributed by atoms with van der Waals surface area (Å²) in [6.45, 7) is 6.01. The minimum absolute atomic E-state index is 0.0349. The summed E-state index contributed by atoms with van der Waals surface area (Å²) in [4.78, 5) is 22.6. The first-order valence-corrected chi connectivity index (χ1v) is 10.5. The lowest BCUT2D eigenvalue weighted by Crippen LogP contribution is -2.48. The van der Waals surface area contributed by atoms with E-state index in [2.05, 4.69) is 26.8 Å². The molecule has 0 unspecified atom stereocenters. The van der Waals surface area contributed by atoms with Crippen molar-refractivity contribution in [1.29, 1.82) is 0 Å². The van der Waals surface area contributed by atoms with Crippen molar-refractivity contribution in [3.8, 4) is 0 Å². The monoisotopic (exact) mass is 391 g/mol. The van der Waals surface area contributed by atoms with Crippen LogP contribution in [0.25, 0.3) is 10.9 Å². The van der Waals surface area contributed by atoms with Gasteiger partial charge in [0.05, 0.1) is 5.52 Å². The molecule has 4 rings (SSSR count). The molecule has 1 fully saturated rings. The molecule has 0 atom stereocenters. The smallest absolute Gasteiger partial charge is 0.275 e. The molecular formula is C23H29N5O. The summed E-state index contributed by atoms with van der Waals surface area (Å²) in [5.41, 5.74) is 2.56. The van der Waals surface area contributed by atoms with Gasteiger partial charge in [0.25, 0.3) is 5.91 Å². The van der Waals surface area contributed by atoms with Crippen molar-refractivity contribution in [1.82, 2.24) is 24.6 Å². The van der Waals surface area contributed by atoms with E-state index >= 15 is 0 Å². The third-order valence-electron chi connectivity index (χ3n) is 6.00. The van der Waals surface area contributed by atoms with Crippen molar-refractivity contribution < 1.29 is 4.79 Å². The van der Waals surface area contributed by atoms with Crippen molar-refractivity contribution in [2.75, 3.05) is 26.2 Å². The highest BCUT2D eigenvalue weighted by atomic mass is 16.2. The molecule has 3 aromatic rings. The van der Waals surface area contributed by atoms with Crippen LogP contribution in [-0.2, 0) is 13.5 Å². The fourth-order valence-electron chi connectivity index (χ4n) is 4.29. The van der Waals surface area contributed by atoms with Gasteiger partial charge < -0.3 is 9.80 Å². The van der Waals surface area contributed by atoms with E-state index in [-0.39, 0.29) is 11.9 Å². The van der Waals surface area contributed by atoms with Crippen LogP contribution in [0.5, 0.6) is 0 Å². The second-order valence-corrected chi connectivity index (χ2v) is 7.72. The number of carbonyl (C=O) groups excluding carboxylic acids is 1. The molecular weight excluding hydrogens is 362 g/mol. The van der Waals surface area contributed by atoms with Crippen molar-refractivity contribution in [2.45, 2.75) is 32.2 Å². The van der Waals surface area contributed by atoms with Crippen molar-refractivity contribution in [3.63, 3.8) is 0 Å². The Morgan fingerprint density at radius 1 is 1.14 bits per heavy atom. The summed E-state index contributed by atoms with van der Waals surface area (Å²) in [5, 5.41) is 5.52. The third kappa shape index (κ3) is 4.17. The second kappa shape index (κ2) is 8.74. The maximum absolute atomic E-state index is 13.7. The van der Waals surface area contributed by atoms with Crippen LogP contribution < -0.4 is 0 Å². The molecule has 152 valence electrons. The molecule has 1 amide bonds. The van der Waals surface area contributed by atoms with Gasteiger partial charge in [-0.1, -0.05) is 31.2 Å². The maximum atomic E-state index is 13.7. The van der Waals surface area contributed by atoms with E-state index in [0.29, 0.717) is 12.2 Å². The zero-order chi connectivity index (χ0) is 20.2. The number of aryl methyl sites for hydroxylation is 1. The number of likely N-dealkylation sites (tertiary alicyclic amines) is 1. The number of carbonyl (C=O) groups is 1. The number of amides is 1. The van der Waals surface area contributed by atoms with Gasteiger partial charge in [0.1, 0.15) is 0 Å². The van der Waals surface area contributed by atoms with Crippen LogP contribution in [0.2, 0.25) is 0 Å². The first kappa shape index (κ1) is 19.6. The normalized spacial score (nSPS) is 15.7. The summed E-state index contributed by atoms with van der Waals surface area (Å²) in [7, 11) is 1.90. The molecule has 0 bridgehead atoms. The molecule has 1 aliphatic heterocycles. The van der Waals surface area contributed by atoms with Gasteiger partial charge in [0.2, 0.25) is 0 Å². The van der Waals surface area contributed by atoms with Gasteiger partial charge in [0, 0.05) is 56.4 Å². The first-order valence-electron chi connectivity index (χ1n) is 10.5. The van der Waals surface area contributed by atoms with Gasteiger partial charge in [-0.2, -0.15) is 5.10 Å². The Hall–Kier alpha value is -2.73. The number of hydrogen-bond acceptors (Lipinski definition) is 4. The Kier molecular flexibility index (Phi) is 5.90. The summed E-state index contributed by atoms with van der Waals surface area (Å²) in [5.74, 6) is 0.0349. The number of hydrogen-bond donors (Lipinski definition) is 0. The van der Waals surface area contributed by atoms with E-state index < -0.39 is 0 Å². The number of aromatic nitrogens is 3. The number of para-hydroxylation sites is 1. The molecule has 1 aromatic carbocycles. The number of fused-ring (bicyclic) bond motifs is 1. The Bertz CT molecular complexity index is 960. The summed E-state index contributed by atoms with van der Waals surface area (Å²) in [6, 6.07) is 14.2. The Labute approximate surface area is 172 Å². The molecule has 0 saturated carbocycles. The summed E-state index contributed by atoms with van der Waals surface area (Å²) < 4.78 is 1.80. The number of pyridine rings is 1. The van der Waals surface area contributed by atoms with Crippen LogP contribution in [0.3, 0.4) is 0 Å². The molecule has 2 aromatic heterocycles. The van der Waals surface area contributed by atoms with Gasteiger partial charge in [-0.15, -0.1) is 0 Å². The van der Waals surface area contributed by atoms with E-state index in [4.69, 9.17) is 0 Å². The quantitative estimate of drug-likeness (QED) is 0.648. The number of nitrogens with zero attached hydrogens (tertiary/aromatic N) is 5. The lowest BCUT2D eigenvalue weighted by atomic mass is 10.0.